The molecule has 1 atom stereocenters. The van der Waals surface area contributed by atoms with E-state index in [0.717, 1.165) is 42.5 Å². The van der Waals surface area contributed by atoms with E-state index in [1.165, 1.54) is 41.9 Å². The summed E-state index contributed by atoms with van der Waals surface area (Å²) in [6.45, 7) is 6.26. The molecule has 32 heavy (non-hydrogen) atoms. The highest BCUT2D eigenvalue weighted by Crippen LogP contribution is 2.33. The molecule has 0 bridgehead atoms. The number of anilines is 2. The van der Waals surface area contributed by atoms with Crippen molar-refractivity contribution in [3.63, 3.8) is 0 Å². The molecule has 6 nitrogen and oxygen atoms in total. The first-order valence-corrected chi connectivity index (χ1v) is 12.3. The fourth-order valence-electron chi connectivity index (χ4n) is 4.22. The lowest BCUT2D eigenvalue weighted by Gasteiger charge is -2.35. The standard InChI is InChI=1S/C25H30N6S/c1-3-4-7-21-11-12-22(32-21)17-31-13-6-5-8-24(31)23-14-25(29-18(2)28-23)30-20-10-9-19(15-26)27-16-20/h9-12,14,16,24H,3-8,13,17H2,1-2H3,(H,28,29,30). The van der Waals surface area contributed by atoms with Gasteiger partial charge in [0.05, 0.1) is 23.6 Å². The van der Waals surface area contributed by atoms with Gasteiger partial charge in [0, 0.05) is 22.4 Å². The fraction of sp³-hybridized carbons (Fsp3) is 0.440. The third kappa shape index (κ3) is 5.70. The maximum Gasteiger partial charge on any atom is 0.140 e. The van der Waals surface area contributed by atoms with Crippen LogP contribution in [-0.4, -0.2) is 26.4 Å². The van der Waals surface area contributed by atoms with Gasteiger partial charge in [0.15, 0.2) is 0 Å². The van der Waals surface area contributed by atoms with E-state index in [0.29, 0.717) is 11.7 Å². The number of thiophene rings is 1. The van der Waals surface area contributed by atoms with Crippen LogP contribution in [0.15, 0.2) is 36.5 Å². The van der Waals surface area contributed by atoms with Crippen LogP contribution >= 0.6 is 11.3 Å². The summed E-state index contributed by atoms with van der Waals surface area (Å²) in [5, 5.41) is 12.3. The van der Waals surface area contributed by atoms with E-state index in [4.69, 9.17) is 10.2 Å². The van der Waals surface area contributed by atoms with E-state index in [1.807, 2.05) is 30.4 Å². The minimum Gasteiger partial charge on any atom is -0.339 e. The minimum atomic E-state index is 0.297. The first-order valence-electron chi connectivity index (χ1n) is 11.4. The highest BCUT2D eigenvalue weighted by molar-refractivity contribution is 7.11. The second kappa shape index (κ2) is 10.7. The van der Waals surface area contributed by atoms with Gasteiger partial charge in [0.25, 0.3) is 0 Å². The summed E-state index contributed by atoms with van der Waals surface area (Å²) in [6.07, 6.45) is 8.92. The summed E-state index contributed by atoms with van der Waals surface area (Å²) < 4.78 is 0. The van der Waals surface area contributed by atoms with Crippen molar-refractivity contribution in [2.24, 2.45) is 0 Å². The number of aryl methyl sites for hydroxylation is 2. The molecule has 3 aromatic rings. The van der Waals surface area contributed by atoms with Crippen molar-refractivity contribution in [3.8, 4) is 6.07 Å². The maximum atomic E-state index is 8.95. The van der Waals surface area contributed by atoms with Crippen LogP contribution in [0.2, 0.25) is 0 Å². The molecule has 0 radical (unpaired) electrons. The molecular weight excluding hydrogens is 416 g/mol. The van der Waals surface area contributed by atoms with Crippen LogP contribution in [-0.2, 0) is 13.0 Å². The highest BCUT2D eigenvalue weighted by Gasteiger charge is 2.26. The van der Waals surface area contributed by atoms with E-state index in [2.05, 4.69) is 45.3 Å². The zero-order valence-electron chi connectivity index (χ0n) is 18.8. The van der Waals surface area contributed by atoms with E-state index < -0.39 is 0 Å². The van der Waals surface area contributed by atoms with Gasteiger partial charge in [-0.2, -0.15) is 5.26 Å². The summed E-state index contributed by atoms with van der Waals surface area (Å²) in [6, 6.07) is 12.6. The van der Waals surface area contributed by atoms with E-state index in [-0.39, 0.29) is 0 Å². The number of rotatable bonds is 8. The molecule has 166 valence electrons. The number of nitrogens with one attached hydrogen (secondary N) is 1. The van der Waals surface area contributed by atoms with E-state index >= 15 is 0 Å². The number of nitriles is 1. The number of piperidine rings is 1. The van der Waals surface area contributed by atoms with Crippen LogP contribution in [0.3, 0.4) is 0 Å². The molecule has 1 saturated heterocycles. The van der Waals surface area contributed by atoms with Crippen molar-refractivity contribution in [3.05, 3.63) is 63.5 Å². The second-order valence-corrected chi connectivity index (χ2v) is 9.60. The van der Waals surface area contributed by atoms with Crippen molar-refractivity contribution in [1.29, 1.82) is 5.26 Å². The van der Waals surface area contributed by atoms with Crippen LogP contribution < -0.4 is 5.32 Å². The largest absolute Gasteiger partial charge is 0.339 e. The lowest BCUT2D eigenvalue weighted by Crippen LogP contribution is -2.33. The van der Waals surface area contributed by atoms with Gasteiger partial charge in [-0.05, 0) is 63.4 Å². The Kier molecular flexibility index (Phi) is 7.46. The van der Waals surface area contributed by atoms with Crippen LogP contribution in [0.5, 0.6) is 0 Å². The van der Waals surface area contributed by atoms with E-state index in [9.17, 15) is 0 Å². The molecular formula is C25H30N6S. The number of hydrogen-bond acceptors (Lipinski definition) is 7. The van der Waals surface area contributed by atoms with E-state index in [1.54, 1.807) is 12.3 Å². The number of likely N-dealkylation sites (tertiary alicyclic amines) is 1. The van der Waals surface area contributed by atoms with Gasteiger partial charge < -0.3 is 5.32 Å². The normalized spacial score (nSPS) is 16.6. The molecule has 0 aliphatic carbocycles. The predicted octanol–water partition coefficient (Wildman–Crippen LogP) is 5.93. The predicted molar refractivity (Wildman–Crippen MR) is 129 cm³/mol. The summed E-state index contributed by atoms with van der Waals surface area (Å²) in [4.78, 5) is 19.0. The van der Waals surface area contributed by atoms with Gasteiger partial charge in [-0.15, -0.1) is 11.3 Å². The van der Waals surface area contributed by atoms with Gasteiger partial charge >= 0.3 is 0 Å². The molecule has 3 aromatic heterocycles. The number of nitrogens with zero attached hydrogens (tertiary/aromatic N) is 5. The van der Waals surface area contributed by atoms with Crippen LogP contribution in [0.25, 0.3) is 0 Å². The summed E-state index contributed by atoms with van der Waals surface area (Å²) in [5.74, 6) is 1.53. The van der Waals surface area contributed by atoms with Crippen LogP contribution in [0.4, 0.5) is 11.5 Å². The van der Waals surface area contributed by atoms with Crippen molar-refractivity contribution >= 4 is 22.8 Å². The lowest BCUT2D eigenvalue weighted by atomic mass is 9.98. The number of aromatic nitrogens is 3. The molecule has 1 N–H and O–H groups in total. The Hall–Kier alpha value is -2.82. The molecule has 4 rings (SSSR count). The topological polar surface area (TPSA) is 77.7 Å². The smallest absolute Gasteiger partial charge is 0.140 e. The molecule has 0 saturated carbocycles. The van der Waals surface area contributed by atoms with Crippen molar-refractivity contribution in [1.82, 2.24) is 19.9 Å². The van der Waals surface area contributed by atoms with Gasteiger partial charge in [0.2, 0.25) is 0 Å². The van der Waals surface area contributed by atoms with Crippen molar-refractivity contribution in [2.45, 2.75) is 65.0 Å². The highest BCUT2D eigenvalue weighted by atomic mass is 32.1. The summed E-state index contributed by atoms with van der Waals surface area (Å²) >= 11 is 1.96. The second-order valence-electron chi connectivity index (χ2n) is 8.35. The maximum absolute atomic E-state index is 8.95. The average Bonchev–Trinajstić information content (AvgIpc) is 3.25. The Balaban J connectivity index is 1.51. The molecule has 1 aliphatic heterocycles. The molecule has 0 aromatic carbocycles. The van der Waals surface area contributed by atoms with Crippen molar-refractivity contribution in [2.75, 3.05) is 11.9 Å². The van der Waals surface area contributed by atoms with Gasteiger partial charge in [-0.3, -0.25) is 4.90 Å². The quantitative estimate of drug-likeness (QED) is 0.462. The Labute approximate surface area is 194 Å². The Morgan fingerprint density at radius 1 is 1.19 bits per heavy atom. The monoisotopic (exact) mass is 446 g/mol. The van der Waals surface area contributed by atoms with Crippen molar-refractivity contribution < 1.29 is 0 Å². The third-order valence-electron chi connectivity index (χ3n) is 5.82. The SMILES string of the molecule is CCCCc1ccc(CN2CCCCC2c2cc(Nc3ccc(C#N)nc3)nc(C)n2)s1. The van der Waals surface area contributed by atoms with Gasteiger partial charge in [-0.1, -0.05) is 19.8 Å². The molecule has 1 fully saturated rings. The summed E-state index contributed by atoms with van der Waals surface area (Å²) in [7, 11) is 0. The van der Waals surface area contributed by atoms with Crippen LogP contribution in [0.1, 0.15) is 72.0 Å². The molecule has 4 heterocycles. The Morgan fingerprint density at radius 3 is 2.84 bits per heavy atom. The number of hydrogen-bond donors (Lipinski definition) is 1. The van der Waals surface area contributed by atoms with Crippen LogP contribution in [0, 0.1) is 18.3 Å². The Morgan fingerprint density at radius 2 is 2.06 bits per heavy atom. The molecule has 0 amide bonds. The lowest BCUT2D eigenvalue weighted by molar-refractivity contribution is 0.138. The Bertz CT molecular complexity index is 1070. The zero-order valence-corrected chi connectivity index (χ0v) is 19.7. The number of unbranched alkanes of at least 4 members (excludes halogenated alkanes) is 1. The first-order chi connectivity index (χ1) is 15.6. The molecule has 7 heteroatoms. The zero-order chi connectivity index (χ0) is 22.3. The average molecular weight is 447 g/mol. The molecule has 1 aliphatic rings. The fourth-order valence-corrected chi connectivity index (χ4v) is 5.30. The summed E-state index contributed by atoms with van der Waals surface area (Å²) in [5.41, 5.74) is 2.29. The third-order valence-corrected chi connectivity index (χ3v) is 6.95. The minimum absolute atomic E-state index is 0.297. The number of pyridine rings is 1. The van der Waals surface area contributed by atoms with Gasteiger partial charge in [0.1, 0.15) is 23.4 Å². The molecule has 0 spiro atoms. The molecule has 1 unspecified atom stereocenters. The van der Waals surface area contributed by atoms with Gasteiger partial charge in [-0.25, -0.2) is 15.0 Å². The first kappa shape index (κ1) is 22.4.